The van der Waals surface area contributed by atoms with E-state index in [9.17, 15) is 13.2 Å². The molecule has 0 spiro atoms. The van der Waals surface area contributed by atoms with E-state index in [4.69, 9.17) is 0 Å². The minimum Gasteiger partial charge on any atom is -0.339 e. The number of rotatable bonds is 7. The molecular weight excluding hydrogens is 336 g/mol. The maximum atomic E-state index is 12.9. The first kappa shape index (κ1) is 19.9. The van der Waals surface area contributed by atoms with Crippen LogP contribution in [0, 0.1) is 5.92 Å². The summed E-state index contributed by atoms with van der Waals surface area (Å²) in [5.41, 5.74) is 0.452. The largest absolute Gasteiger partial charge is 0.339 e. The van der Waals surface area contributed by atoms with Crippen molar-refractivity contribution in [3.63, 3.8) is 0 Å². The average molecular weight is 367 g/mol. The predicted octanol–water partition coefficient (Wildman–Crippen LogP) is 3.37. The van der Waals surface area contributed by atoms with E-state index in [1.807, 2.05) is 13.8 Å². The van der Waals surface area contributed by atoms with Crippen LogP contribution < -0.4 is 0 Å². The number of carbonyl (C=O) groups excluding carboxylic acids is 1. The molecular formula is C19H30N2O3S. The second-order valence-corrected chi connectivity index (χ2v) is 8.87. The topological polar surface area (TPSA) is 57.7 Å². The molecule has 25 heavy (non-hydrogen) atoms. The van der Waals surface area contributed by atoms with Crippen molar-refractivity contribution in [2.24, 2.45) is 5.92 Å². The average Bonchev–Trinajstić information content (AvgIpc) is 2.61. The minimum absolute atomic E-state index is 0.0900. The molecule has 0 radical (unpaired) electrons. The van der Waals surface area contributed by atoms with Gasteiger partial charge in [0.2, 0.25) is 10.0 Å². The SMILES string of the molecule is CCCN(CCC)C(=O)c1cccc(S(=O)(=O)N2CCCC(C)C2)c1. The van der Waals surface area contributed by atoms with Gasteiger partial charge in [-0.25, -0.2) is 8.42 Å². The molecule has 1 fully saturated rings. The fourth-order valence-corrected chi connectivity index (χ4v) is 4.99. The Hall–Kier alpha value is -1.40. The summed E-state index contributed by atoms with van der Waals surface area (Å²) in [6.07, 6.45) is 3.72. The molecule has 0 N–H and O–H groups in total. The Morgan fingerprint density at radius 3 is 2.52 bits per heavy atom. The predicted molar refractivity (Wildman–Crippen MR) is 100 cm³/mol. The van der Waals surface area contributed by atoms with Crippen LogP contribution in [0.15, 0.2) is 29.2 Å². The van der Waals surface area contributed by atoms with Gasteiger partial charge in [0.1, 0.15) is 0 Å². The lowest BCUT2D eigenvalue weighted by molar-refractivity contribution is 0.0755. The van der Waals surface area contributed by atoms with Crippen molar-refractivity contribution in [2.75, 3.05) is 26.2 Å². The van der Waals surface area contributed by atoms with Crippen molar-refractivity contribution < 1.29 is 13.2 Å². The molecule has 1 heterocycles. The Morgan fingerprint density at radius 2 is 1.92 bits per heavy atom. The van der Waals surface area contributed by atoms with Crippen LogP contribution >= 0.6 is 0 Å². The van der Waals surface area contributed by atoms with Crippen LogP contribution in [0.3, 0.4) is 0 Å². The quantitative estimate of drug-likeness (QED) is 0.743. The highest BCUT2D eigenvalue weighted by molar-refractivity contribution is 7.89. The first-order valence-corrected chi connectivity index (χ1v) is 10.7. The number of sulfonamides is 1. The normalized spacial score (nSPS) is 18.9. The molecule has 1 aromatic carbocycles. The Balaban J connectivity index is 2.26. The van der Waals surface area contributed by atoms with Gasteiger partial charge in [0.05, 0.1) is 4.90 Å². The van der Waals surface area contributed by atoms with E-state index in [1.54, 1.807) is 27.4 Å². The van der Waals surface area contributed by atoms with E-state index < -0.39 is 10.0 Å². The molecule has 1 saturated heterocycles. The molecule has 2 rings (SSSR count). The summed E-state index contributed by atoms with van der Waals surface area (Å²) in [6, 6.07) is 6.51. The number of nitrogens with zero attached hydrogens (tertiary/aromatic N) is 2. The maximum Gasteiger partial charge on any atom is 0.253 e. The molecule has 140 valence electrons. The lowest BCUT2D eigenvalue weighted by Crippen LogP contribution is -2.39. The smallest absolute Gasteiger partial charge is 0.253 e. The number of benzene rings is 1. The molecule has 1 amide bonds. The van der Waals surface area contributed by atoms with Crippen molar-refractivity contribution in [1.82, 2.24) is 9.21 Å². The lowest BCUT2D eigenvalue weighted by Gasteiger charge is -2.30. The van der Waals surface area contributed by atoms with Crippen LogP contribution in [0.25, 0.3) is 0 Å². The lowest BCUT2D eigenvalue weighted by atomic mass is 10.0. The van der Waals surface area contributed by atoms with Gasteiger partial charge >= 0.3 is 0 Å². The highest BCUT2D eigenvalue weighted by atomic mass is 32.2. The third-order valence-electron chi connectivity index (χ3n) is 4.61. The molecule has 1 aromatic rings. The van der Waals surface area contributed by atoms with Crippen LogP contribution in [0.4, 0.5) is 0 Å². The summed E-state index contributed by atoms with van der Waals surface area (Å²) < 4.78 is 27.4. The first-order chi connectivity index (χ1) is 11.9. The summed E-state index contributed by atoms with van der Waals surface area (Å²) in [5, 5.41) is 0. The van der Waals surface area contributed by atoms with E-state index in [-0.39, 0.29) is 10.8 Å². The summed E-state index contributed by atoms with van der Waals surface area (Å²) >= 11 is 0. The van der Waals surface area contributed by atoms with E-state index in [1.165, 1.54) is 6.07 Å². The summed E-state index contributed by atoms with van der Waals surface area (Å²) in [4.78, 5) is 14.8. The van der Waals surface area contributed by atoms with Crippen LogP contribution in [-0.4, -0.2) is 49.7 Å². The third-order valence-corrected chi connectivity index (χ3v) is 6.47. The summed E-state index contributed by atoms with van der Waals surface area (Å²) in [7, 11) is -3.54. The number of carbonyl (C=O) groups is 1. The zero-order chi connectivity index (χ0) is 18.4. The molecule has 5 nitrogen and oxygen atoms in total. The molecule has 1 aliphatic heterocycles. The molecule has 1 atom stereocenters. The Kier molecular flexibility index (Phi) is 7.02. The van der Waals surface area contributed by atoms with E-state index in [0.717, 1.165) is 25.7 Å². The first-order valence-electron chi connectivity index (χ1n) is 9.29. The fraction of sp³-hybridized carbons (Fsp3) is 0.632. The Labute approximate surface area is 152 Å². The number of piperidine rings is 1. The molecule has 6 heteroatoms. The second-order valence-electron chi connectivity index (χ2n) is 6.93. The third kappa shape index (κ3) is 4.82. The monoisotopic (exact) mass is 366 g/mol. The summed E-state index contributed by atoms with van der Waals surface area (Å²) in [5.74, 6) is 0.283. The molecule has 0 bridgehead atoms. The molecule has 0 aliphatic carbocycles. The van der Waals surface area contributed by atoms with Gasteiger partial charge < -0.3 is 4.90 Å². The fourth-order valence-electron chi connectivity index (χ4n) is 3.34. The Morgan fingerprint density at radius 1 is 1.24 bits per heavy atom. The minimum atomic E-state index is -3.54. The van der Waals surface area contributed by atoms with Crippen molar-refractivity contribution in [1.29, 1.82) is 0 Å². The van der Waals surface area contributed by atoms with Gasteiger partial charge in [0.15, 0.2) is 0 Å². The summed E-state index contributed by atoms with van der Waals surface area (Å²) in [6.45, 7) is 8.64. The van der Waals surface area contributed by atoms with Crippen LogP contribution in [0.2, 0.25) is 0 Å². The van der Waals surface area contributed by atoms with Crippen LogP contribution in [-0.2, 0) is 10.0 Å². The van der Waals surface area contributed by atoms with Crippen LogP contribution in [0.5, 0.6) is 0 Å². The number of amides is 1. The number of hydrogen-bond acceptors (Lipinski definition) is 3. The van der Waals surface area contributed by atoms with E-state index >= 15 is 0 Å². The Bertz CT molecular complexity index is 682. The van der Waals surface area contributed by atoms with Gasteiger partial charge in [0.25, 0.3) is 5.91 Å². The maximum absolute atomic E-state index is 12.9. The van der Waals surface area contributed by atoms with Gasteiger partial charge in [0, 0.05) is 31.7 Å². The molecule has 1 aliphatic rings. The molecule has 0 aromatic heterocycles. The zero-order valence-electron chi connectivity index (χ0n) is 15.6. The van der Waals surface area contributed by atoms with Gasteiger partial charge in [-0.15, -0.1) is 0 Å². The van der Waals surface area contributed by atoms with Gasteiger partial charge in [-0.05, 0) is 49.8 Å². The van der Waals surface area contributed by atoms with Gasteiger partial charge in [-0.2, -0.15) is 4.31 Å². The van der Waals surface area contributed by atoms with Crippen molar-refractivity contribution in [2.45, 2.75) is 51.3 Å². The number of hydrogen-bond donors (Lipinski definition) is 0. The molecule has 1 unspecified atom stereocenters. The highest BCUT2D eigenvalue weighted by Gasteiger charge is 2.29. The van der Waals surface area contributed by atoms with Gasteiger partial charge in [-0.1, -0.05) is 26.8 Å². The standard InChI is InChI=1S/C19H30N2O3S/c1-4-11-20(12-5-2)19(22)17-9-6-10-18(14-17)25(23,24)21-13-7-8-16(3)15-21/h6,9-10,14,16H,4-5,7-8,11-13,15H2,1-3H3. The van der Waals surface area contributed by atoms with Gasteiger partial charge in [-0.3, -0.25) is 4.79 Å². The van der Waals surface area contributed by atoms with Crippen molar-refractivity contribution in [3.05, 3.63) is 29.8 Å². The van der Waals surface area contributed by atoms with Crippen molar-refractivity contribution >= 4 is 15.9 Å². The van der Waals surface area contributed by atoms with Crippen molar-refractivity contribution in [3.8, 4) is 0 Å². The van der Waals surface area contributed by atoms with E-state index in [2.05, 4.69) is 6.92 Å². The second kappa shape index (κ2) is 8.81. The molecule has 0 saturated carbocycles. The highest BCUT2D eigenvalue weighted by Crippen LogP contribution is 2.24. The zero-order valence-corrected chi connectivity index (χ0v) is 16.4. The van der Waals surface area contributed by atoms with E-state index in [0.29, 0.717) is 37.7 Å². The van der Waals surface area contributed by atoms with Crippen LogP contribution in [0.1, 0.15) is 56.8 Å².